The lowest BCUT2D eigenvalue weighted by atomic mass is 10.0. The molecular formula is C11H19N3O. The molecule has 4 nitrogen and oxygen atoms in total. The second kappa shape index (κ2) is 4.77. The molecule has 2 N–H and O–H groups in total. The van der Waals surface area contributed by atoms with Crippen molar-refractivity contribution in [1.29, 1.82) is 0 Å². The van der Waals surface area contributed by atoms with E-state index in [9.17, 15) is 0 Å². The van der Waals surface area contributed by atoms with E-state index in [1.807, 2.05) is 19.4 Å². The first-order valence-electron chi connectivity index (χ1n) is 5.60. The van der Waals surface area contributed by atoms with Crippen molar-refractivity contribution in [2.45, 2.75) is 32.4 Å². The molecule has 15 heavy (non-hydrogen) atoms. The molecule has 0 saturated carbocycles. The van der Waals surface area contributed by atoms with Gasteiger partial charge in [-0.1, -0.05) is 0 Å². The van der Waals surface area contributed by atoms with E-state index in [-0.39, 0.29) is 6.04 Å². The van der Waals surface area contributed by atoms with Crippen LogP contribution in [0.4, 0.5) is 0 Å². The minimum atomic E-state index is 0.0528. The van der Waals surface area contributed by atoms with Crippen molar-refractivity contribution in [2.24, 2.45) is 11.7 Å². The highest BCUT2D eigenvalue weighted by Gasteiger charge is 2.16. The van der Waals surface area contributed by atoms with Crippen molar-refractivity contribution >= 4 is 0 Å². The zero-order valence-electron chi connectivity index (χ0n) is 9.22. The first kappa shape index (κ1) is 10.6. The van der Waals surface area contributed by atoms with Gasteiger partial charge in [0.25, 0.3) is 0 Å². The van der Waals surface area contributed by atoms with Gasteiger partial charge in [0.2, 0.25) is 0 Å². The molecule has 0 spiro atoms. The largest absolute Gasteiger partial charge is 0.381 e. The number of ether oxygens (including phenoxy) is 1. The Kier molecular flexibility index (Phi) is 3.38. The Morgan fingerprint density at radius 3 is 3.27 bits per heavy atom. The van der Waals surface area contributed by atoms with Gasteiger partial charge >= 0.3 is 0 Å². The van der Waals surface area contributed by atoms with Gasteiger partial charge in [0, 0.05) is 31.3 Å². The number of rotatable bonds is 3. The second-order valence-electron chi connectivity index (χ2n) is 4.34. The quantitative estimate of drug-likeness (QED) is 0.817. The third kappa shape index (κ3) is 2.58. The zero-order valence-corrected chi connectivity index (χ0v) is 9.22. The molecule has 84 valence electrons. The highest BCUT2D eigenvalue weighted by atomic mass is 16.5. The summed E-state index contributed by atoms with van der Waals surface area (Å²) in [5.41, 5.74) is 6.98. The van der Waals surface area contributed by atoms with Crippen molar-refractivity contribution in [1.82, 2.24) is 9.55 Å². The molecule has 0 amide bonds. The minimum Gasteiger partial charge on any atom is -0.381 e. The highest BCUT2D eigenvalue weighted by molar-refractivity contribution is 5.03. The molecule has 1 aliphatic heterocycles. The van der Waals surface area contributed by atoms with E-state index < -0.39 is 0 Å². The Morgan fingerprint density at radius 1 is 1.73 bits per heavy atom. The van der Waals surface area contributed by atoms with Crippen molar-refractivity contribution in [3.05, 3.63) is 18.2 Å². The number of hydrogen-bond acceptors (Lipinski definition) is 3. The molecule has 1 saturated heterocycles. The van der Waals surface area contributed by atoms with Crippen molar-refractivity contribution in [2.75, 3.05) is 13.2 Å². The van der Waals surface area contributed by atoms with E-state index in [0.29, 0.717) is 5.92 Å². The van der Waals surface area contributed by atoms with Crippen LogP contribution in [-0.2, 0) is 11.3 Å². The number of nitrogens with zero attached hydrogens (tertiary/aromatic N) is 2. The molecule has 4 heteroatoms. The fraction of sp³-hybridized carbons (Fsp3) is 0.727. The summed E-state index contributed by atoms with van der Waals surface area (Å²) in [6.45, 7) is 4.76. The smallest absolute Gasteiger partial charge is 0.0948 e. The van der Waals surface area contributed by atoms with Crippen molar-refractivity contribution in [3.8, 4) is 0 Å². The molecule has 1 unspecified atom stereocenters. The van der Waals surface area contributed by atoms with Gasteiger partial charge in [-0.3, -0.25) is 0 Å². The average Bonchev–Trinajstić information content (AvgIpc) is 2.67. The molecule has 2 atom stereocenters. The van der Waals surface area contributed by atoms with Gasteiger partial charge in [0.1, 0.15) is 0 Å². The summed E-state index contributed by atoms with van der Waals surface area (Å²) < 4.78 is 7.62. The molecule has 0 radical (unpaired) electrons. The van der Waals surface area contributed by atoms with Crippen LogP contribution >= 0.6 is 0 Å². The number of hydrogen-bond donors (Lipinski definition) is 1. The summed E-state index contributed by atoms with van der Waals surface area (Å²) in [7, 11) is 0. The molecule has 0 aliphatic carbocycles. The van der Waals surface area contributed by atoms with Gasteiger partial charge < -0.3 is 15.0 Å². The lowest BCUT2D eigenvalue weighted by molar-refractivity contribution is 0.0480. The molecule has 1 aromatic rings. The maximum atomic E-state index is 5.87. The number of imidazole rings is 1. The SMILES string of the molecule is C[C@@H](N)c1cncn1CC1CCCOC1. The Balaban J connectivity index is 1.99. The molecule has 1 aliphatic rings. The Morgan fingerprint density at radius 2 is 2.60 bits per heavy atom. The van der Waals surface area contributed by atoms with Crippen LogP contribution in [0.1, 0.15) is 31.5 Å². The van der Waals surface area contributed by atoms with Gasteiger partial charge in [-0.05, 0) is 19.8 Å². The summed E-state index contributed by atoms with van der Waals surface area (Å²) in [6.07, 6.45) is 6.14. The number of aromatic nitrogens is 2. The van der Waals surface area contributed by atoms with Crippen LogP contribution in [0.5, 0.6) is 0 Å². The predicted octanol–water partition coefficient (Wildman–Crippen LogP) is 1.33. The molecule has 2 heterocycles. The lowest BCUT2D eigenvalue weighted by Gasteiger charge is -2.23. The molecular weight excluding hydrogens is 190 g/mol. The lowest BCUT2D eigenvalue weighted by Crippen LogP contribution is -2.23. The molecule has 2 rings (SSSR count). The van der Waals surface area contributed by atoms with Crippen LogP contribution < -0.4 is 5.73 Å². The minimum absolute atomic E-state index is 0.0528. The van der Waals surface area contributed by atoms with Crippen LogP contribution in [0.15, 0.2) is 12.5 Å². The fourth-order valence-electron chi connectivity index (χ4n) is 2.09. The van der Waals surface area contributed by atoms with Gasteiger partial charge in [-0.2, -0.15) is 0 Å². The third-order valence-electron chi connectivity index (χ3n) is 2.92. The van der Waals surface area contributed by atoms with E-state index >= 15 is 0 Å². The van der Waals surface area contributed by atoms with E-state index in [1.54, 1.807) is 0 Å². The van der Waals surface area contributed by atoms with Gasteiger partial charge in [-0.25, -0.2) is 4.98 Å². The van der Waals surface area contributed by atoms with E-state index in [1.165, 1.54) is 12.8 Å². The van der Waals surface area contributed by atoms with Crippen LogP contribution in [-0.4, -0.2) is 22.8 Å². The maximum absolute atomic E-state index is 5.87. The topological polar surface area (TPSA) is 53.1 Å². The summed E-state index contributed by atoms with van der Waals surface area (Å²) in [6, 6.07) is 0.0528. The maximum Gasteiger partial charge on any atom is 0.0948 e. The van der Waals surface area contributed by atoms with E-state index in [2.05, 4.69) is 9.55 Å². The van der Waals surface area contributed by atoms with Gasteiger partial charge in [0.15, 0.2) is 0 Å². The first-order valence-corrected chi connectivity index (χ1v) is 5.60. The standard InChI is InChI=1S/C11H19N3O/c1-9(12)11-5-13-8-14(11)6-10-3-2-4-15-7-10/h5,8-10H,2-4,6-7,12H2,1H3/t9-,10?/m1/s1. The van der Waals surface area contributed by atoms with Gasteiger partial charge in [0.05, 0.1) is 18.6 Å². The Labute approximate surface area is 90.4 Å². The third-order valence-corrected chi connectivity index (χ3v) is 2.92. The van der Waals surface area contributed by atoms with Crippen LogP contribution in [0.2, 0.25) is 0 Å². The summed E-state index contributed by atoms with van der Waals surface area (Å²) in [5.74, 6) is 0.616. The second-order valence-corrected chi connectivity index (χ2v) is 4.34. The Bertz CT molecular complexity index is 303. The van der Waals surface area contributed by atoms with Crippen LogP contribution in [0.25, 0.3) is 0 Å². The highest BCUT2D eigenvalue weighted by Crippen LogP contribution is 2.18. The van der Waals surface area contributed by atoms with E-state index in [4.69, 9.17) is 10.5 Å². The summed E-state index contributed by atoms with van der Waals surface area (Å²) >= 11 is 0. The Hall–Kier alpha value is -0.870. The summed E-state index contributed by atoms with van der Waals surface area (Å²) in [4.78, 5) is 4.15. The normalized spacial score (nSPS) is 24.0. The molecule has 1 aromatic heterocycles. The number of nitrogens with two attached hydrogens (primary N) is 1. The van der Waals surface area contributed by atoms with Gasteiger partial charge in [-0.15, -0.1) is 0 Å². The van der Waals surface area contributed by atoms with E-state index in [0.717, 1.165) is 25.5 Å². The predicted molar refractivity (Wildman–Crippen MR) is 58.4 cm³/mol. The van der Waals surface area contributed by atoms with Crippen molar-refractivity contribution < 1.29 is 4.74 Å². The molecule has 0 bridgehead atoms. The first-order chi connectivity index (χ1) is 7.27. The van der Waals surface area contributed by atoms with Crippen molar-refractivity contribution in [3.63, 3.8) is 0 Å². The molecule has 1 fully saturated rings. The fourth-order valence-corrected chi connectivity index (χ4v) is 2.09. The zero-order chi connectivity index (χ0) is 10.7. The van der Waals surface area contributed by atoms with Crippen LogP contribution in [0, 0.1) is 5.92 Å². The monoisotopic (exact) mass is 209 g/mol. The molecule has 0 aromatic carbocycles. The summed E-state index contributed by atoms with van der Waals surface area (Å²) in [5, 5.41) is 0. The average molecular weight is 209 g/mol. The van der Waals surface area contributed by atoms with Crippen LogP contribution in [0.3, 0.4) is 0 Å².